The fourth-order valence-electron chi connectivity index (χ4n) is 3.22. The van der Waals surface area contributed by atoms with Crippen LogP contribution in [-0.4, -0.2) is 60.6 Å². The molecule has 10 heteroatoms. The molecule has 0 aliphatic carbocycles. The van der Waals surface area contributed by atoms with Crippen LogP contribution >= 0.6 is 11.8 Å². The van der Waals surface area contributed by atoms with Crippen LogP contribution < -0.4 is 11.1 Å². The van der Waals surface area contributed by atoms with Gasteiger partial charge in [0.25, 0.3) is 0 Å². The molecule has 2 aliphatic rings. The highest BCUT2D eigenvalue weighted by atomic mass is 32.2. The molecule has 0 bridgehead atoms. The Labute approximate surface area is 153 Å². The van der Waals surface area contributed by atoms with Crippen molar-refractivity contribution in [2.75, 3.05) is 0 Å². The fraction of sp³-hybridized carbons (Fsp3) is 0.438. The summed E-state index contributed by atoms with van der Waals surface area (Å²) in [5, 5.41) is 20.9. The number of phenolic OH excluding ortho intramolecular Hbond substituents is 1. The first-order chi connectivity index (χ1) is 11.6. The number of nitrogens with two attached hydrogens (primary N) is 1. The van der Waals surface area contributed by atoms with E-state index in [0.29, 0.717) is 5.56 Å². The molecule has 2 fully saturated rings. The Bertz CT molecular complexity index is 738. The van der Waals surface area contributed by atoms with E-state index in [4.69, 9.17) is 5.73 Å². The van der Waals surface area contributed by atoms with Crippen LogP contribution in [0.5, 0.6) is 5.75 Å². The van der Waals surface area contributed by atoms with Crippen LogP contribution in [0.15, 0.2) is 24.3 Å². The van der Waals surface area contributed by atoms with Crippen molar-refractivity contribution in [2.24, 2.45) is 5.73 Å². The van der Waals surface area contributed by atoms with Gasteiger partial charge in [0, 0.05) is 4.75 Å². The molecule has 3 rings (SSSR count). The van der Waals surface area contributed by atoms with Crippen LogP contribution in [0.3, 0.4) is 0 Å². The van der Waals surface area contributed by atoms with Crippen LogP contribution in [0.1, 0.15) is 25.5 Å². The van der Waals surface area contributed by atoms with Gasteiger partial charge < -0.3 is 31.6 Å². The van der Waals surface area contributed by atoms with Gasteiger partial charge in [-0.25, -0.2) is 4.79 Å². The third-order valence-corrected chi connectivity index (χ3v) is 6.08. The largest absolute Gasteiger partial charge is 0.508 e. The van der Waals surface area contributed by atoms with E-state index in [9.17, 15) is 24.6 Å². The number of β-lactam (4-membered cyclic amide) rings is 1. The van der Waals surface area contributed by atoms with Gasteiger partial charge in [-0.2, -0.15) is 0 Å². The SMILES string of the molecule is CC1(C)S[C@@H]2[C@H](NC(=O)[C@H](N)c3ccc(O)cc3)C(=O)N2[C@H]1C(=O)O.O. The van der Waals surface area contributed by atoms with Crippen molar-refractivity contribution in [1.82, 2.24) is 10.2 Å². The van der Waals surface area contributed by atoms with E-state index in [1.54, 1.807) is 13.8 Å². The number of aliphatic carboxylic acids is 1. The van der Waals surface area contributed by atoms with Crippen molar-refractivity contribution >= 4 is 29.5 Å². The highest BCUT2D eigenvalue weighted by Gasteiger charge is 2.64. The monoisotopic (exact) mass is 383 g/mol. The zero-order chi connectivity index (χ0) is 18.5. The fourth-order valence-corrected chi connectivity index (χ4v) is 4.85. The Morgan fingerprint density at radius 2 is 1.88 bits per heavy atom. The second kappa shape index (κ2) is 6.78. The first-order valence-electron chi connectivity index (χ1n) is 7.71. The van der Waals surface area contributed by atoms with Crippen LogP contribution in [0.4, 0.5) is 0 Å². The van der Waals surface area contributed by atoms with Gasteiger partial charge in [0.1, 0.15) is 29.2 Å². The number of nitrogens with zero attached hydrogens (tertiary/aromatic N) is 1. The molecule has 2 aliphatic heterocycles. The summed E-state index contributed by atoms with van der Waals surface area (Å²) in [6, 6.07) is 3.21. The number of thioether (sulfide) groups is 1. The zero-order valence-electron chi connectivity index (χ0n) is 14.2. The summed E-state index contributed by atoms with van der Waals surface area (Å²) in [6.07, 6.45) is 0. The molecule has 0 aromatic heterocycles. The number of aromatic hydroxyl groups is 1. The van der Waals surface area contributed by atoms with Gasteiger partial charge in [-0.1, -0.05) is 12.1 Å². The Hall–Kier alpha value is -2.30. The number of hydrogen-bond donors (Lipinski definition) is 4. The summed E-state index contributed by atoms with van der Waals surface area (Å²) in [6.45, 7) is 3.53. The summed E-state index contributed by atoms with van der Waals surface area (Å²) >= 11 is 1.35. The first-order valence-corrected chi connectivity index (χ1v) is 8.59. The van der Waals surface area contributed by atoms with Crippen LogP contribution in [0.25, 0.3) is 0 Å². The van der Waals surface area contributed by atoms with Crippen molar-refractivity contribution in [1.29, 1.82) is 0 Å². The number of nitrogens with one attached hydrogen (secondary N) is 1. The molecule has 7 N–H and O–H groups in total. The first kappa shape index (κ1) is 20.0. The average molecular weight is 383 g/mol. The van der Waals surface area contributed by atoms with E-state index in [2.05, 4.69) is 5.32 Å². The molecule has 142 valence electrons. The molecule has 26 heavy (non-hydrogen) atoms. The zero-order valence-corrected chi connectivity index (χ0v) is 15.0. The molecule has 0 saturated carbocycles. The number of rotatable bonds is 4. The number of fused-ring (bicyclic) bond motifs is 1. The molecule has 0 radical (unpaired) electrons. The maximum atomic E-state index is 12.3. The molecule has 2 saturated heterocycles. The molecule has 2 amide bonds. The van der Waals surface area contributed by atoms with Crippen molar-refractivity contribution in [2.45, 2.75) is 42.1 Å². The van der Waals surface area contributed by atoms with Crippen molar-refractivity contribution < 1.29 is 30.1 Å². The number of benzene rings is 1. The van der Waals surface area contributed by atoms with Crippen LogP contribution in [0.2, 0.25) is 0 Å². The second-order valence-corrected chi connectivity index (χ2v) is 8.42. The van der Waals surface area contributed by atoms with Gasteiger partial charge in [0.15, 0.2) is 0 Å². The minimum absolute atomic E-state index is 0. The van der Waals surface area contributed by atoms with Gasteiger partial charge >= 0.3 is 5.97 Å². The molecule has 4 atom stereocenters. The van der Waals surface area contributed by atoms with Gasteiger partial charge in [-0.15, -0.1) is 11.8 Å². The van der Waals surface area contributed by atoms with E-state index in [0.717, 1.165) is 0 Å². The van der Waals surface area contributed by atoms with E-state index < -0.39 is 46.0 Å². The Kier molecular flexibility index (Phi) is 5.22. The number of carboxylic acids is 1. The standard InChI is InChI=1S/C16H19N3O5S.H2O/c1-16(2)11(15(23)24)19-13(22)10(14(19)25-16)18-12(21)9(17)7-3-5-8(20)6-4-7;/h3-6,9-11,14,20H,17H2,1-2H3,(H,18,21)(H,23,24);1H2/t9-,10-,11+,14-;/m1./s1. The Balaban J connectivity index is 0.00000243. The minimum atomic E-state index is -1.06. The molecule has 2 heterocycles. The quantitative estimate of drug-likeness (QED) is 0.494. The predicted octanol–water partition coefficient (Wildman–Crippen LogP) is -0.801. The predicted molar refractivity (Wildman–Crippen MR) is 94.3 cm³/mol. The number of hydrogen-bond acceptors (Lipinski definition) is 6. The maximum Gasteiger partial charge on any atom is 0.327 e. The smallest absolute Gasteiger partial charge is 0.327 e. The molecule has 1 aromatic rings. The van der Waals surface area contributed by atoms with Gasteiger partial charge in [-0.05, 0) is 31.5 Å². The lowest BCUT2D eigenvalue weighted by Crippen LogP contribution is -2.71. The lowest BCUT2D eigenvalue weighted by molar-refractivity contribution is -0.161. The number of amides is 2. The van der Waals surface area contributed by atoms with E-state index in [-0.39, 0.29) is 11.2 Å². The highest BCUT2D eigenvalue weighted by molar-refractivity contribution is 8.01. The van der Waals surface area contributed by atoms with Crippen molar-refractivity contribution in [3.8, 4) is 5.75 Å². The van der Waals surface area contributed by atoms with Crippen molar-refractivity contribution in [3.05, 3.63) is 29.8 Å². The lowest BCUT2D eigenvalue weighted by atomic mass is 9.95. The highest BCUT2D eigenvalue weighted by Crippen LogP contribution is 2.50. The summed E-state index contributed by atoms with van der Waals surface area (Å²) in [7, 11) is 0. The molecular weight excluding hydrogens is 362 g/mol. The molecule has 9 nitrogen and oxygen atoms in total. The topological polar surface area (TPSA) is 164 Å². The van der Waals surface area contributed by atoms with Gasteiger partial charge in [0.05, 0.1) is 0 Å². The van der Waals surface area contributed by atoms with E-state index >= 15 is 0 Å². The summed E-state index contributed by atoms with van der Waals surface area (Å²) < 4.78 is -0.648. The van der Waals surface area contributed by atoms with Gasteiger partial charge in [0.2, 0.25) is 11.8 Å². The summed E-state index contributed by atoms with van der Waals surface area (Å²) in [4.78, 5) is 37.5. The number of carboxylic acid groups (broad SMARTS) is 1. The summed E-state index contributed by atoms with van der Waals surface area (Å²) in [5.41, 5.74) is 6.41. The molecule has 0 unspecified atom stereocenters. The third-order valence-electron chi connectivity index (χ3n) is 4.51. The Morgan fingerprint density at radius 1 is 1.31 bits per heavy atom. The molecule has 0 spiro atoms. The van der Waals surface area contributed by atoms with E-state index in [1.807, 2.05) is 0 Å². The van der Waals surface area contributed by atoms with E-state index in [1.165, 1.54) is 40.9 Å². The Morgan fingerprint density at radius 3 is 2.42 bits per heavy atom. The third kappa shape index (κ3) is 3.11. The van der Waals surface area contributed by atoms with Gasteiger partial charge in [-0.3, -0.25) is 9.59 Å². The second-order valence-electron chi connectivity index (χ2n) is 6.65. The lowest BCUT2D eigenvalue weighted by Gasteiger charge is -2.43. The van der Waals surface area contributed by atoms with Crippen molar-refractivity contribution in [3.63, 3.8) is 0 Å². The maximum absolute atomic E-state index is 12.3. The van der Waals surface area contributed by atoms with Crippen LogP contribution in [0, 0.1) is 0 Å². The number of phenols is 1. The normalized spacial score (nSPS) is 27.0. The minimum Gasteiger partial charge on any atom is -0.508 e. The number of carbonyl (C=O) groups is 3. The van der Waals surface area contributed by atoms with Crippen LogP contribution in [-0.2, 0) is 14.4 Å². The number of carbonyl (C=O) groups excluding carboxylic acids is 2. The molecule has 1 aromatic carbocycles. The summed E-state index contributed by atoms with van der Waals surface area (Å²) in [5.74, 6) is -1.94. The average Bonchev–Trinajstić information content (AvgIpc) is 2.80. The molecular formula is C16H21N3O6S.